The van der Waals surface area contributed by atoms with Crippen molar-refractivity contribution in [2.75, 3.05) is 25.0 Å². The summed E-state index contributed by atoms with van der Waals surface area (Å²) < 4.78 is 65.5. The number of ether oxygens (including phenoxy) is 2. The van der Waals surface area contributed by atoms with Crippen LogP contribution in [-0.2, 0) is 16.0 Å². The van der Waals surface area contributed by atoms with E-state index in [2.05, 4.69) is 30.8 Å². The van der Waals surface area contributed by atoms with E-state index in [1.165, 1.54) is 6.20 Å². The number of likely N-dealkylation sites (tertiary alicyclic amines) is 1. The molecule has 2 saturated heterocycles. The van der Waals surface area contributed by atoms with Crippen molar-refractivity contribution in [2.45, 2.75) is 51.0 Å². The number of anilines is 2. The van der Waals surface area contributed by atoms with E-state index in [1.807, 2.05) is 0 Å². The average Bonchev–Trinajstić information content (AvgIpc) is 3.48. The van der Waals surface area contributed by atoms with Crippen LogP contribution in [-0.4, -0.2) is 79.7 Å². The molecule has 1 amide bonds. The highest BCUT2D eigenvalue weighted by atomic mass is 19.4. The minimum absolute atomic E-state index is 0.0517. The van der Waals surface area contributed by atoms with Gasteiger partial charge in [-0.15, -0.1) is 0 Å². The minimum Gasteiger partial charge on any atom is -0.441 e. The van der Waals surface area contributed by atoms with Gasteiger partial charge in [-0.05, 0) is 19.9 Å². The number of imidazole rings is 1. The molecule has 2 fully saturated rings. The van der Waals surface area contributed by atoms with Crippen LogP contribution in [0.3, 0.4) is 0 Å². The number of hydrogen-bond donors (Lipinski definition) is 3. The summed E-state index contributed by atoms with van der Waals surface area (Å²) in [5, 5.41) is 12.4. The van der Waals surface area contributed by atoms with E-state index in [4.69, 9.17) is 9.47 Å². The molecule has 0 radical (unpaired) electrons. The summed E-state index contributed by atoms with van der Waals surface area (Å²) >= 11 is 0. The summed E-state index contributed by atoms with van der Waals surface area (Å²) in [5.41, 5.74) is 1.51. The fourth-order valence-corrected chi connectivity index (χ4v) is 4.28. The number of H-pyrrole nitrogens is 1. The summed E-state index contributed by atoms with van der Waals surface area (Å²) in [6, 6.07) is 3.09. The largest absolute Gasteiger partial charge is 0.441 e. The molecule has 11 nitrogen and oxygen atoms in total. The standard InChI is InChI=1S/C22H26F4N8O3/c1-11(2)28-21(35)37-15-10-36-19(18(15)23)14-5-16(32-31-14)30-20-27-4-3-17-29-13(9-34(17)20)8-33-6-12(7-33)22(24,25)26/h3-5,9,11-12,15,18-19H,6-8,10H2,1-2H3,(H,28,35)(H2,27,30,31,32)/t15-,18-,19-/m0/s1. The number of halogens is 4. The molecule has 3 N–H and O–H groups in total. The fourth-order valence-electron chi connectivity index (χ4n) is 4.28. The molecule has 3 aromatic heterocycles. The molecule has 0 aliphatic carbocycles. The fraction of sp³-hybridized carbons (Fsp3) is 0.545. The molecule has 0 bridgehead atoms. The number of hydrogen-bond acceptors (Lipinski definition) is 8. The van der Waals surface area contributed by atoms with Gasteiger partial charge in [-0.25, -0.2) is 19.2 Å². The Morgan fingerprint density at radius 3 is 2.86 bits per heavy atom. The van der Waals surface area contributed by atoms with Crippen molar-refractivity contribution in [2.24, 2.45) is 5.92 Å². The van der Waals surface area contributed by atoms with Gasteiger partial charge < -0.3 is 20.1 Å². The Kier molecular flexibility index (Phi) is 6.66. The van der Waals surface area contributed by atoms with Crippen molar-refractivity contribution < 1.29 is 31.8 Å². The number of fused-ring (bicyclic) bond motifs is 1. The van der Waals surface area contributed by atoms with Gasteiger partial charge in [0.15, 0.2) is 18.1 Å². The minimum atomic E-state index is -4.18. The van der Waals surface area contributed by atoms with Crippen LogP contribution in [0.1, 0.15) is 31.3 Å². The Hall–Kier alpha value is -3.46. The molecule has 200 valence electrons. The van der Waals surface area contributed by atoms with E-state index in [1.54, 1.807) is 41.5 Å². The van der Waals surface area contributed by atoms with Crippen LogP contribution in [0.2, 0.25) is 0 Å². The summed E-state index contributed by atoms with van der Waals surface area (Å²) in [4.78, 5) is 22.2. The maximum Gasteiger partial charge on any atom is 0.407 e. The zero-order valence-corrected chi connectivity index (χ0v) is 20.0. The first-order valence-corrected chi connectivity index (χ1v) is 11.7. The van der Waals surface area contributed by atoms with E-state index in [-0.39, 0.29) is 32.3 Å². The Labute approximate surface area is 208 Å². The van der Waals surface area contributed by atoms with Crippen LogP contribution >= 0.6 is 0 Å². The lowest BCUT2D eigenvalue weighted by Gasteiger charge is -2.39. The Morgan fingerprint density at radius 2 is 2.14 bits per heavy atom. The number of amides is 1. The smallest absolute Gasteiger partial charge is 0.407 e. The lowest BCUT2D eigenvalue weighted by atomic mass is 10.00. The van der Waals surface area contributed by atoms with Gasteiger partial charge in [-0.1, -0.05) is 0 Å². The van der Waals surface area contributed by atoms with E-state index >= 15 is 0 Å². The lowest BCUT2D eigenvalue weighted by Crippen LogP contribution is -2.52. The van der Waals surface area contributed by atoms with E-state index in [0.717, 1.165) is 0 Å². The van der Waals surface area contributed by atoms with E-state index in [9.17, 15) is 22.4 Å². The molecule has 0 aromatic carbocycles. The third-order valence-corrected chi connectivity index (χ3v) is 6.13. The van der Waals surface area contributed by atoms with Crippen molar-refractivity contribution in [1.82, 2.24) is 34.8 Å². The summed E-state index contributed by atoms with van der Waals surface area (Å²) in [5.74, 6) is -0.607. The highest BCUT2D eigenvalue weighted by molar-refractivity contribution is 5.67. The molecule has 5 rings (SSSR count). The van der Waals surface area contributed by atoms with Crippen molar-refractivity contribution in [3.8, 4) is 0 Å². The summed E-state index contributed by atoms with van der Waals surface area (Å²) in [6.07, 6.45) is -5.31. The lowest BCUT2D eigenvalue weighted by molar-refractivity contribution is -0.210. The summed E-state index contributed by atoms with van der Waals surface area (Å²) in [7, 11) is 0. The quantitative estimate of drug-likeness (QED) is 0.402. The number of carbonyl (C=O) groups is 1. The van der Waals surface area contributed by atoms with Gasteiger partial charge in [0.05, 0.1) is 23.9 Å². The second-order valence-corrected chi connectivity index (χ2v) is 9.44. The van der Waals surface area contributed by atoms with Crippen molar-refractivity contribution in [3.05, 3.63) is 35.9 Å². The molecule has 2 aliphatic rings. The van der Waals surface area contributed by atoms with Gasteiger partial charge in [-0.3, -0.25) is 14.4 Å². The molecule has 37 heavy (non-hydrogen) atoms. The molecule has 15 heteroatoms. The number of alkyl halides is 4. The average molecular weight is 526 g/mol. The van der Waals surface area contributed by atoms with Crippen LogP contribution in [0.25, 0.3) is 5.65 Å². The Morgan fingerprint density at radius 1 is 1.35 bits per heavy atom. The number of rotatable bonds is 7. The first kappa shape index (κ1) is 25.2. The number of aromatic amines is 1. The normalized spacial score (nSPS) is 22.9. The third kappa shape index (κ3) is 5.46. The SMILES string of the molecule is CC(C)NC(=O)O[C@H]1CO[C@@H](c2cc(Nc3nccc4nc(CN5CC(C(F)(F)F)C5)cn34)n[nH]2)[C@H]1F. The molecular weight excluding hydrogens is 500 g/mol. The van der Waals surface area contributed by atoms with E-state index < -0.39 is 36.6 Å². The first-order chi connectivity index (χ1) is 17.6. The van der Waals surface area contributed by atoms with E-state index in [0.29, 0.717) is 28.8 Å². The second kappa shape index (κ2) is 9.78. The van der Waals surface area contributed by atoms with Gasteiger partial charge in [0.1, 0.15) is 11.8 Å². The van der Waals surface area contributed by atoms with Crippen molar-refractivity contribution >= 4 is 23.5 Å². The van der Waals surface area contributed by atoms with Crippen molar-refractivity contribution in [3.63, 3.8) is 0 Å². The van der Waals surface area contributed by atoms with Gasteiger partial charge in [0.25, 0.3) is 0 Å². The number of aromatic nitrogens is 5. The second-order valence-electron chi connectivity index (χ2n) is 9.44. The van der Waals surface area contributed by atoms with Crippen LogP contribution < -0.4 is 10.6 Å². The highest BCUT2D eigenvalue weighted by Gasteiger charge is 2.47. The molecule has 0 unspecified atom stereocenters. The number of nitrogens with zero attached hydrogens (tertiary/aromatic N) is 5. The maximum atomic E-state index is 14.9. The first-order valence-electron chi connectivity index (χ1n) is 11.7. The van der Waals surface area contributed by atoms with Gasteiger partial charge in [-0.2, -0.15) is 18.3 Å². The topological polar surface area (TPSA) is 122 Å². The zero-order chi connectivity index (χ0) is 26.3. The molecule has 3 atom stereocenters. The molecular formula is C22H26F4N8O3. The monoisotopic (exact) mass is 526 g/mol. The van der Waals surface area contributed by atoms with Gasteiger partial charge in [0.2, 0.25) is 5.95 Å². The predicted molar refractivity (Wildman–Crippen MR) is 122 cm³/mol. The molecule has 0 saturated carbocycles. The Bertz CT molecular complexity index is 1260. The van der Waals surface area contributed by atoms with Crippen LogP contribution in [0.4, 0.5) is 34.1 Å². The number of carbonyl (C=O) groups excluding carboxylic acids is 1. The summed E-state index contributed by atoms with van der Waals surface area (Å²) in [6.45, 7) is 3.61. The highest BCUT2D eigenvalue weighted by Crippen LogP contribution is 2.35. The molecule has 0 spiro atoms. The van der Waals surface area contributed by atoms with Crippen LogP contribution in [0.5, 0.6) is 0 Å². The molecule has 2 aliphatic heterocycles. The van der Waals surface area contributed by atoms with Crippen LogP contribution in [0, 0.1) is 5.92 Å². The van der Waals surface area contributed by atoms with Crippen LogP contribution in [0.15, 0.2) is 24.5 Å². The van der Waals surface area contributed by atoms with Gasteiger partial charge >= 0.3 is 12.3 Å². The van der Waals surface area contributed by atoms with Gasteiger partial charge in [0, 0.05) is 44.1 Å². The Balaban J connectivity index is 1.22. The predicted octanol–water partition coefficient (Wildman–Crippen LogP) is 3.10. The van der Waals surface area contributed by atoms with Crippen molar-refractivity contribution in [1.29, 1.82) is 0 Å². The number of nitrogens with one attached hydrogen (secondary N) is 3. The zero-order valence-electron chi connectivity index (χ0n) is 20.0. The maximum absolute atomic E-state index is 14.9. The molecule has 5 heterocycles. The third-order valence-electron chi connectivity index (χ3n) is 6.13. The number of alkyl carbamates (subject to hydrolysis) is 1. The molecule has 3 aromatic rings.